The quantitative estimate of drug-likeness (QED) is 0.702. The minimum atomic E-state index is -1.01. The minimum Gasteiger partial charge on any atom is -0.478 e. The lowest BCUT2D eigenvalue weighted by Crippen LogP contribution is -2.05. The topological polar surface area (TPSA) is 92.9 Å². The lowest BCUT2D eigenvalue weighted by atomic mass is 10.2. The van der Waals surface area contributed by atoms with E-state index in [1.165, 1.54) is 12.4 Å². The number of benzene rings is 1. The van der Waals surface area contributed by atoms with Crippen molar-refractivity contribution < 1.29 is 9.90 Å². The number of hydrogen-bond donors (Lipinski definition) is 2. The summed E-state index contributed by atoms with van der Waals surface area (Å²) in [4.78, 5) is 19.6. The van der Waals surface area contributed by atoms with Crippen molar-refractivity contribution in [3.05, 3.63) is 42.4 Å². The Balaban J connectivity index is 2.03. The zero-order chi connectivity index (χ0) is 15.5. The predicted molar refractivity (Wildman–Crippen MR) is 82.7 cm³/mol. The summed E-state index contributed by atoms with van der Waals surface area (Å²) in [6, 6.07) is 6.63. The van der Waals surface area contributed by atoms with E-state index < -0.39 is 5.97 Å². The number of alkyl halides is 1. The van der Waals surface area contributed by atoms with Crippen molar-refractivity contribution in [1.29, 1.82) is 0 Å². The first-order valence-electron chi connectivity index (χ1n) is 6.52. The highest BCUT2D eigenvalue weighted by atomic mass is 35.5. The van der Waals surface area contributed by atoms with Crippen molar-refractivity contribution in [2.24, 2.45) is 0 Å². The van der Waals surface area contributed by atoms with Gasteiger partial charge in [0.2, 0.25) is 0 Å². The molecule has 0 aliphatic carbocycles. The molecule has 8 heteroatoms. The van der Waals surface area contributed by atoms with E-state index >= 15 is 0 Å². The normalized spacial score (nSPS) is 10.8. The number of hydrogen-bond acceptors (Lipinski definition) is 5. The molecular weight excluding hydrogens is 306 g/mol. The van der Waals surface area contributed by atoms with Crippen molar-refractivity contribution >= 4 is 40.1 Å². The third kappa shape index (κ3) is 2.58. The molecule has 0 aliphatic heterocycles. The van der Waals surface area contributed by atoms with Gasteiger partial charge in [-0.2, -0.15) is 5.10 Å². The van der Waals surface area contributed by atoms with Crippen LogP contribution in [0, 0.1) is 0 Å². The van der Waals surface area contributed by atoms with Crippen molar-refractivity contribution in [1.82, 2.24) is 19.7 Å². The van der Waals surface area contributed by atoms with Gasteiger partial charge in [-0.15, -0.1) is 11.6 Å². The van der Waals surface area contributed by atoms with Crippen LogP contribution in [0.1, 0.15) is 10.4 Å². The number of aryl methyl sites for hydroxylation is 1. The molecule has 0 fully saturated rings. The first kappa shape index (κ1) is 14.3. The van der Waals surface area contributed by atoms with E-state index in [1.54, 1.807) is 29.1 Å². The summed E-state index contributed by atoms with van der Waals surface area (Å²) in [5, 5.41) is 17.2. The number of nitrogens with zero attached hydrogens (tertiary/aromatic N) is 4. The molecule has 0 bridgehead atoms. The molecule has 0 saturated carbocycles. The van der Waals surface area contributed by atoms with Gasteiger partial charge in [-0.05, 0) is 12.1 Å². The van der Waals surface area contributed by atoms with Crippen LogP contribution in [0.3, 0.4) is 0 Å². The summed E-state index contributed by atoms with van der Waals surface area (Å²) >= 11 is 5.73. The SMILES string of the molecule is O=C(O)c1ccccc1Nc1ncnc2c1cnn2CCCl. The number of fused-ring (bicyclic) bond motifs is 1. The van der Waals surface area contributed by atoms with Gasteiger partial charge in [-0.3, -0.25) is 0 Å². The fourth-order valence-electron chi connectivity index (χ4n) is 2.14. The molecule has 0 aliphatic rings. The van der Waals surface area contributed by atoms with Gasteiger partial charge in [0.15, 0.2) is 5.65 Å². The number of aromatic nitrogens is 4. The largest absolute Gasteiger partial charge is 0.478 e. The van der Waals surface area contributed by atoms with Gasteiger partial charge in [0, 0.05) is 5.88 Å². The zero-order valence-electron chi connectivity index (χ0n) is 11.4. The van der Waals surface area contributed by atoms with Crippen molar-refractivity contribution in [3.8, 4) is 0 Å². The molecule has 112 valence electrons. The number of carbonyl (C=O) groups is 1. The number of carboxylic acid groups (broad SMARTS) is 1. The van der Waals surface area contributed by atoms with Crippen LogP contribution in [-0.4, -0.2) is 36.7 Å². The summed E-state index contributed by atoms with van der Waals surface area (Å²) in [7, 11) is 0. The average molecular weight is 318 g/mol. The number of para-hydroxylation sites is 1. The summed E-state index contributed by atoms with van der Waals surface area (Å²) < 4.78 is 1.68. The second-order valence-corrected chi connectivity index (χ2v) is 4.87. The van der Waals surface area contributed by atoms with Gasteiger partial charge in [0.05, 0.1) is 29.4 Å². The Morgan fingerprint density at radius 3 is 2.91 bits per heavy atom. The van der Waals surface area contributed by atoms with Crippen LogP contribution >= 0.6 is 11.6 Å². The molecule has 0 saturated heterocycles. The minimum absolute atomic E-state index is 0.169. The molecule has 3 aromatic rings. The molecule has 0 spiro atoms. The highest BCUT2D eigenvalue weighted by Crippen LogP contribution is 2.25. The zero-order valence-corrected chi connectivity index (χ0v) is 12.2. The molecule has 22 heavy (non-hydrogen) atoms. The number of aromatic carboxylic acids is 1. The van der Waals surface area contributed by atoms with E-state index in [0.29, 0.717) is 35.0 Å². The van der Waals surface area contributed by atoms with Crippen LogP contribution in [-0.2, 0) is 6.54 Å². The summed E-state index contributed by atoms with van der Waals surface area (Å²) in [5.41, 5.74) is 1.27. The maximum atomic E-state index is 11.3. The van der Waals surface area contributed by atoms with Crippen molar-refractivity contribution in [2.45, 2.75) is 6.54 Å². The van der Waals surface area contributed by atoms with E-state index in [1.807, 2.05) is 0 Å². The fraction of sp³-hybridized carbons (Fsp3) is 0.143. The lowest BCUT2D eigenvalue weighted by Gasteiger charge is -2.09. The van der Waals surface area contributed by atoms with Gasteiger partial charge < -0.3 is 10.4 Å². The van der Waals surface area contributed by atoms with Crippen LogP contribution in [0.4, 0.5) is 11.5 Å². The first-order chi connectivity index (χ1) is 10.7. The van der Waals surface area contributed by atoms with Crippen molar-refractivity contribution in [2.75, 3.05) is 11.2 Å². The van der Waals surface area contributed by atoms with Gasteiger partial charge in [0.1, 0.15) is 12.1 Å². The molecule has 2 aromatic heterocycles. The predicted octanol–water partition coefficient (Wildman–Crippen LogP) is 2.51. The Bertz CT molecular complexity index is 833. The second-order valence-electron chi connectivity index (χ2n) is 4.49. The third-order valence-corrected chi connectivity index (χ3v) is 3.31. The third-order valence-electron chi connectivity index (χ3n) is 3.14. The highest BCUT2D eigenvalue weighted by molar-refractivity contribution is 6.17. The van der Waals surface area contributed by atoms with Gasteiger partial charge in [-0.25, -0.2) is 19.4 Å². The Labute approximate surface area is 130 Å². The highest BCUT2D eigenvalue weighted by Gasteiger charge is 2.13. The molecular formula is C14H12ClN5O2. The molecule has 7 nitrogen and oxygen atoms in total. The fourth-order valence-corrected chi connectivity index (χ4v) is 2.30. The maximum Gasteiger partial charge on any atom is 0.337 e. The van der Waals surface area contributed by atoms with Crippen LogP contribution in [0.2, 0.25) is 0 Å². The molecule has 2 N–H and O–H groups in total. The van der Waals surface area contributed by atoms with E-state index in [-0.39, 0.29) is 5.56 Å². The van der Waals surface area contributed by atoms with E-state index in [2.05, 4.69) is 20.4 Å². The molecule has 0 amide bonds. The lowest BCUT2D eigenvalue weighted by molar-refractivity contribution is 0.0698. The molecule has 3 rings (SSSR count). The molecule has 0 atom stereocenters. The Kier molecular flexibility index (Phi) is 3.88. The second kappa shape index (κ2) is 5.98. The smallest absolute Gasteiger partial charge is 0.337 e. The standard InChI is InChI=1S/C14H12ClN5O2/c15-5-6-20-13-10(7-18-20)12(16-8-17-13)19-11-4-2-1-3-9(11)14(21)22/h1-4,7-8H,5-6H2,(H,21,22)(H,16,17,19). The van der Waals surface area contributed by atoms with Crippen LogP contribution in [0.25, 0.3) is 11.0 Å². The van der Waals surface area contributed by atoms with Gasteiger partial charge >= 0.3 is 5.97 Å². The van der Waals surface area contributed by atoms with Crippen LogP contribution in [0.5, 0.6) is 0 Å². The van der Waals surface area contributed by atoms with Gasteiger partial charge in [-0.1, -0.05) is 12.1 Å². The van der Waals surface area contributed by atoms with Crippen molar-refractivity contribution in [3.63, 3.8) is 0 Å². The number of carboxylic acids is 1. The van der Waals surface area contributed by atoms with E-state index in [9.17, 15) is 9.90 Å². The molecule has 1 aromatic carbocycles. The molecule has 0 unspecified atom stereocenters. The Morgan fingerprint density at radius 2 is 2.14 bits per heavy atom. The average Bonchev–Trinajstić information content (AvgIpc) is 2.92. The Hall–Kier alpha value is -2.67. The number of halogens is 1. The van der Waals surface area contributed by atoms with E-state index in [4.69, 9.17) is 11.6 Å². The van der Waals surface area contributed by atoms with E-state index in [0.717, 1.165) is 0 Å². The summed E-state index contributed by atoms with van der Waals surface area (Å²) in [5.74, 6) is -0.0865. The number of rotatable bonds is 5. The summed E-state index contributed by atoms with van der Waals surface area (Å²) in [6.07, 6.45) is 3.04. The van der Waals surface area contributed by atoms with Crippen LogP contribution in [0.15, 0.2) is 36.8 Å². The van der Waals surface area contributed by atoms with Crippen LogP contribution < -0.4 is 5.32 Å². The molecule has 0 radical (unpaired) electrons. The monoisotopic (exact) mass is 317 g/mol. The maximum absolute atomic E-state index is 11.3. The Morgan fingerprint density at radius 1 is 1.32 bits per heavy atom. The number of anilines is 2. The number of nitrogens with one attached hydrogen (secondary N) is 1. The summed E-state index contributed by atoms with van der Waals surface area (Å²) in [6.45, 7) is 0.535. The first-order valence-corrected chi connectivity index (χ1v) is 7.06. The van der Waals surface area contributed by atoms with Gasteiger partial charge in [0.25, 0.3) is 0 Å². The molecule has 2 heterocycles.